The second-order valence-corrected chi connectivity index (χ2v) is 7.04. The summed E-state index contributed by atoms with van der Waals surface area (Å²) in [6, 6.07) is 18.2. The molecule has 0 bridgehead atoms. The molecule has 0 aliphatic carbocycles. The van der Waals surface area contributed by atoms with Gasteiger partial charge in [-0.05, 0) is 30.7 Å². The predicted octanol–water partition coefficient (Wildman–Crippen LogP) is 5.43. The van der Waals surface area contributed by atoms with Crippen LogP contribution < -0.4 is 14.8 Å². The van der Waals surface area contributed by atoms with E-state index in [2.05, 4.69) is 33.5 Å². The molecule has 0 fully saturated rings. The number of hydrogen-bond donors (Lipinski definition) is 1. The highest BCUT2D eigenvalue weighted by atomic mass is 32.1. The van der Waals surface area contributed by atoms with E-state index in [1.165, 1.54) is 10.4 Å². The summed E-state index contributed by atoms with van der Waals surface area (Å²) in [5, 5.41) is 4.40. The molecule has 136 valence electrons. The summed E-state index contributed by atoms with van der Waals surface area (Å²) in [5.41, 5.74) is 2.05. The predicted molar refractivity (Wildman–Crippen MR) is 110 cm³/mol. The molecule has 0 unspecified atom stereocenters. The first-order valence-electron chi connectivity index (χ1n) is 8.50. The summed E-state index contributed by atoms with van der Waals surface area (Å²) in [5.74, 6) is 2.86. The molecule has 0 saturated carbocycles. The quantitative estimate of drug-likeness (QED) is 0.503. The lowest BCUT2D eigenvalue weighted by Crippen LogP contribution is -1.98. The smallest absolute Gasteiger partial charge is 0.162 e. The highest BCUT2D eigenvalue weighted by Crippen LogP contribution is 2.37. The molecule has 27 heavy (non-hydrogen) atoms. The number of fused-ring (bicyclic) bond motifs is 1. The van der Waals surface area contributed by atoms with E-state index in [1.807, 2.05) is 43.3 Å². The number of anilines is 2. The van der Waals surface area contributed by atoms with Crippen LogP contribution in [-0.2, 0) is 0 Å². The molecule has 2 aromatic carbocycles. The van der Waals surface area contributed by atoms with E-state index >= 15 is 0 Å². The molecular weight excluding hydrogens is 358 g/mol. The Labute approximate surface area is 161 Å². The maximum absolute atomic E-state index is 5.39. The molecule has 0 saturated heterocycles. The van der Waals surface area contributed by atoms with Gasteiger partial charge in [0, 0.05) is 16.6 Å². The second-order valence-electron chi connectivity index (χ2n) is 6.01. The lowest BCUT2D eigenvalue weighted by atomic mass is 10.2. The Kier molecular flexibility index (Phi) is 4.64. The zero-order chi connectivity index (χ0) is 18.8. The van der Waals surface area contributed by atoms with Gasteiger partial charge < -0.3 is 14.8 Å². The van der Waals surface area contributed by atoms with Gasteiger partial charge >= 0.3 is 0 Å². The van der Waals surface area contributed by atoms with Crippen molar-refractivity contribution in [1.29, 1.82) is 0 Å². The van der Waals surface area contributed by atoms with Gasteiger partial charge in [-0.15, -0.1) is 11.3 Å². The Morgan fingerprint density at radius 3 is 2.41 bits per heavy atom. The number of thiophene rings is 1. The fourth-order valence-corrected chi connectivity index (χ4v) is 4.00. The molecule has 5 nitrogen and oxygen atoms in total. The third kappa shape index (κ3) is 3.44. The Hall–Kier alpha value is -3.12. The third-order valence-corrected chi connectivity index (χ3v) is 5.29. The van der Waals surface area contributed by atoms with Crippen molar-refractivity contribution in [3.8, 4) is 21.9 Å². The minimum absolute atomic E-state index is 0.666. The number of hydrogen-bond acceptors (Lipinski definition) is 6. The summed E-state index contributed by atoms with van der Waals surface area (Å²) in [4.78, 5) is 11.4. The number of rotatable bonds is 5. The number of nitrogens with one attached hydrogen (secondary N) is 1. The van der Waals surface area contributed by atoms with Crippen LogP contribution in [-0.4, -0.2) is 24.2 Å². The zero-order valence-corrected chi connectivity index (χ0v) is 16.1. The topological polar surface area (TPSA) is 56.3 Å². The number of nitrogens with zero attached hydrogens (tertiary/aromatic N) is 2. The molecule has 0 aliphatic heterocycles. The highest BCUT2D eigenvalue weighted by molar-refractivity contribution is 7.21. The molecule has 0 atom stereocenters. The van der Waals surface area contributed by atoms with Crippen molar-refractivity contribution in [2.45, 2.75) is 6.92 Å². The lowest BCUT2D eigenvalue weighted by Gasteiger charge is -2.11. The van der Waals surface area contributed by atoms with Crippen molar-refractivity contribution in [3.63, 3.8) is 0 Å². The van der Waals surface area contributed by atoms with Gasteiger partial charge in [0.1, 0.15) is 16.5 Å². The number of benzene rings is 2. The Morgan fingerprint density at radius 1 is 0.889 bits per heavy atom. The zero-order valence-electron chi connectivity index (χ0n) is 15.3. The van der Waals surface area contributed by atoms with Crippen LogP contribution in [0.2, 0.25) is 0 Å². The maximum atomic E-state index is 5.39. The first kappa shape index (κ1) is 17.3. The average Bonchev–Trinajstić information content (AvgIpc) is 3.12. The van der Waals surface area contributed by atoms with E-state index in [0.717, 1.165) is 27.5 Å². The standard InChI is InChI=1S/C21H19N3O2S/c1-13-22-20(24-15-9-10-17(25-2)18(11-15)26-3)16-12-19(27-21(16)23-13)14-7-5-4-6-8-14/h4-12H,1-3H3,(H,22,23,24). The summed E-state index contributed by atoms with van der Waals surface area (Å²) in [7, 11) is 3.25. The van der Waals surface area contributed by atoms with Crippen molar-refractivity contribution in [2.75, 3.05) is 19.5 Å². The lowest BCUT2D eigenvalue weighted by molar-refractivity contribution is 0.355. The molecule has 4 aromatic rings. The van der Waals surface area contributed by atoms with Gasteiger partial charge in [0.05, 0.1) is 19.6 Å². The molecular formula is C21H19N3O2S. The minimum Gasteiger partial charge on any atom is -0.493 e. The second kappa shape index (κ2) is 7.25. The number of aryl methyl sites for hydroxylation is 1. The highest BCUT2D eigenvalue weighted by Gasteiger charge is 2.13. The largest absolute Gasteiger partial charge is 0.493 e. The van der Waals surface area contributed by atoms with Crippen LogP contribution in [0.3, 0.4) is 0 Å². The Bertz CT molecular complexity index is 1090. The molecule has 0 aliphatic rings. The van der Waals surface area contributed by atoms with Crippen LogP contribution in [0.15, 0.2) is 54.6 Å². The monoisotopic (exact) mass is 377 g/mol. The Morgan fingerprint density at radius 2 is 1.67 bits per heavy atom. The number of ether oxygens (including phenoxy) is 2. The van der Waals surface area contributed by atoms with E-state index < -0.39 is 0 Å². The van der Waals surface area contributed by atoms with Gasteiger partial charge in [-0.3, -0.25) is 0 Å². The van der Waals surface area contributed by atoms with Crippen molar-refractivity contribution < 1.29 is 9.47 Å². The van der Waals surface area contributed by atoms with Crippen LogP contribution in [0.5, 0.6) is 11.5 Å². The summed E-state index contributed by atoms with van der Waals surface area (Å²) >= 11 is 1.67. The van der Waals surface area contributed by atoms with Crippen molar-refractivity contribution in [3.05, 3.63) is 60.4 Å². The molecule has 6 heteroatoms. The normalized spacial score (nSPS) is 10.8. The van der Waals surface area contributed by atoms with Crippen LogP contribution in [0.1, 0.15) is 5.82 Å². The van der Waals surface area contributed by atoms with Crippen molar-refractivity contribution in [2.24, 2.45) is 0 Å². The number of aromatic nitrogens is 2. The number of methoxy groups -OCH3 is 2. The fourth-order valence-electron chi connectivity index (χ4n) is 2.92. The summed E-state index contributed by atoms with van der Waals surface area (Å²) in [6.45, 7) is 1.90. The fraction of sp³-hybridized carbons (Fsp3) is 0.143. The summed E-state index contributed by atoms with van der Waals surface area (Å²) < 4.78 is 10.7. The van der Waals surface area contributed by atoms with E-state index in [-0.39, 0.29) is 0 Å². The molecule has 0 spiro atoms. The molecule has 2 aromatic heterocycles. The molecule has 2 heterocycles. The van der Waals surface area contributed by atoms with Crippen LogP contribution in [0.4, 0.5) is 11.5 Å². The summed E-state index contributed by atoms with van der Waals surface area (Å²) in [6.07, 6.45) is 0. The first-order chi connectivity index (χ1) is 13.2. The van der Waals surface area contributed by atoms with Gasteiger partial charge in [0.15, 0.2) is 11.5 Å². The van der Waals surface area contributed by atoms with Crippen LogP contribution in [0.25, 0.3) is 20.7 Å². The first-order valence-corrected chi connectivity index (χ1v) is 9.32. The van der Waals surface area contributed by atoms with E-state index in [4.69, 9.17) is 9.47 Å². The Balaban J connectivity index is 1.76. The van der Waals surface area contributed by atoms with Crippen molar-refractivity contribution in [1.82, 2.24) is 9.97 Å². The molecule has 0 amide bonds. The molecule has 0 radical (unpaired) electrons. The van der Waals surface area contributed by atoms with Crippen molar-refractivity contribution >= 4 is 33.1 Å². The SMILES string of the molecule is COc1ccc(Nc2nc(C)nc3sc(-c4ccccc4)cc23)cc1OC. The molecule has 1 N–H and O–H groups in total. The van der Waals surface area contributed by atoms with Gasteiger partial charge in [0.25, 0.3) is 0 Å². The van der Waals surface area contributed by atoms with Gasteiger partial charge in [-0.2, -0.15) is 0 Å². The van der Waals surface area contributed by atoms with Crippen LogP contribution in [0, 0.1) is 6.92 Å². The van der Waals surface area contributed by atoms with E-state index in [1.54, 1.807) is 25.6 Å². The van der Waals surface area contributed by atoms with Gasteiger partial charge in [-0.25, -0.2) is 9.97 Å². The maximum Gasteiger partial charge on any atom is 0.162 e. The van der Waals surface area contributed by atoms with E-state index in [0.29, 0.717) is 11.5 Å². The third-order valence-electron chi connectivity index (χ3n) is 4.21. The van der Waals surface area contributed by atoms with E-state index in [9.17, 15) is 0 Å². The van der Waals surface area contributed by atoms with Gasteiger partial charge in [-0.1, -0.05) is 30.3 Å². The minimum atomic E-state index is 0.666. The van der Waals surface area contributed by atoms with Crippen LogP contribution >= 0.6 is 11.3 Å². The average molecular weight is 377 g/mol. The van der Waals surface area contributed by atoms with Gasteiger partial charge in [0.2, 0.25) is 0 Å². The molecule has 4 rings (SSSR count).